The van der Waals surface area contributed by atoms with E-state index in [1.165, 1.54) is 24.7 Å². The van der Waals surface area contributed by atoms with Gasteiger partial charge in [0.15, 0.2) is 0 Å². The zero-order valence-electron chi connectivity index (χ0n) is 15.6. The Morgan fingerprint density at radius 2 is 1.86 bits per heavy atom. The van der Waals surface area contributed by atoms with E-state index in [-0.39, 0.29) is 15.7 Å². The topological polar surface area (TPSA) is 84.8 Å². The lowest BCUT2D eigenvalue weighted by molar-refractivity contribution is 0.599. The normalized spacial score (nSPS) is 10.9. The van der Waals surface area contributed by atoms with Crippen LogP contribution in [0.15, 0.2) is 47.8 Å². The van der Waals surface area contributed by atoms with Gasteiger partial charge in [0, 0.05) is 11.8 Å². The van der Waals surface area contributed by atoms with Gasteiger partial charge in [-0.1, -0.05) is 30.4 Å². The lowest BCUT2D eigenvalue weighted by Crippen LogP contribution is -2.14. The van der Waals surface area contributed by atoms with E-state index in [1.54, 1.807) is 13.0 Å². The van der Waals surface area contributed by atoms with Crippen LogP contribution in [-0.4, -0.2) is 23.4 Å². The lowest BCUT2D eigenvalue weighted by Gasteiger charge is -2.10. The first-order valence-corrected chi connectivity index (χ1v) is 10.4. The van der Waals surface area contributed by atoms with Crippen LogP contribution < -0.4 is 4.72 Å². The van der Waals surface area contributed by atoms with Crippen LogP contribution in [0.25, 0.3) is 0 Å². The third-order valence-electron chi connectivity index (χ3n) is 4.00. The molecule has 3 rings (SSSR count). The van der Waals surface area contributed by atoms with Gasteiger partial charge in [-0.05, 0) is 43.7 Å². The molecule has 0 amide bonds. The highest BCUT2D eigenvalue weighted by Crippen LogP contribution is 2.20. The van der Waals surface area contributed by atoms with Crippen LogP contribution in [-0.2, 0) is 16.4 Å². The van der Waals surface area contributed by atoms with Gasteiger partial charge in [-0.2, -0.15) is 0 Å². The monoisotopic (exact) mass is 430 g/mol. The molecule has 9 heteroatoms. The maximum Gasteiger partial charge on any atom is 0.261 e. The molecule has 0 bridgehead atoms. The van der Waals surface area contributed by atoms with Gasteiger partial charge in [0.25, 0.3) is 10.0 Å². The van der Waals surface area contributed by atoms with Crippen LogP contribution in [0.3, 0.4) is 0 Å². The number of nitrogens with zero attached hydrogens (tertiary/aromatic N) is 3. The van der Waals surface area contributed by atoms with Gasteiger partial charge >= 0.3 is 0 Å². The molecule has 0 aliphatic carbocycles. The Balaban J connectivity index is 1.93. The number of aryl methyl sites for hydroxylation is 2. The number of pyridine rings is 1. The Kier molecular flexibility index (Phi) is 6.11. The number of aromatic nitrogens is 3. The molecule has 0 fully saturated rings. The van der Waals surface area contributed by atoms with Crippen molar-refractivity contribution in [1.82, 2.24) is 15.0 Å². The number of hydrogen-bond acceptors (Lipinski definition) is 5. The minimum atomic E-state index is -3.90. The standard InChI is InChI=1S/C20H16ClFN4O2S/c1-3-18-17(20(21)25-12-24-18)9-4-14-10-19(13(2)23-11-14)26-29(27,28)16-7-5-15(22)6-8-16/h5-8,10-12,26H,3H2,1-2H3. The van der Waals surface area contributed by atoms with Crippen molar-refractivity contribution in [3.63, 3.8) is 0 Å². The molecule has 2 aromatic heterocycles. The highest BCUT2D eigenvalue weighted by molar-refractivity contribution is 7.92. The summed E-state index contributed by atoms with van der Waals surface area (Å²) >= 11 is 6.11. The molecule has 0 atom stereocenters. The molecule has 2 heterocycles. The van der Waals surface area contributed by atoms with Crippen molar-refractivity contribution in [3.05, 3.63) is 76.3 Å². The summed E-state index contributed by atoms with van der Waals surface area (Å²) in [4.78, 5) is 12.2. The Hall–Kier alpha value is -3.02. The predicted octanol–water partition coefficient (Wildman–Crippen LogP) is 3.74. The van der Waals surface area contributed by atoms with Gasteiger partial charge in [-0.25, -0.2) is 22.8 Å². The molecule has 148 valence electrons. The fourth-order valence-corrected chi connectivity index (χ4v) is 3.75. The molecule has 1 aromatic carbocycles. The molecule has 0 saturated heterocycles. The van der Waals surface area contributed by atoms with Crippen LogP contribution in [0, 0.1) is 24.6 Å². The summed E-state index contributed by atoms with van der Waals surface area (Å²) in [6.45, 7) is 3.59. The van der Waals surface area contributed by atoms with E-state index >= 15 is 0 Å². The third kappa shape index (κ3) is 4.88. The largest absolute Gasteiger partial charge is 0.278 e. The summed E-state index contributed by atoms with van der Waals surface area (Å²) < 4.78 is 40.6. The minimum absolute atomic E-state index is 0.0596. The number of nitrogens with one attached hydrogen (secondary N) is 1. The minimum Gasteiger partial charge on any atom is -0.278 e. The number of rotatable bonds is 4. The fraction of sp³-hybridized carbons (Fsp3) is 0.150. The third-order valence-corrected chi connectivity index (χ3v) is 5.67. The molecule has 0 aliphatic heterocycles. The van der Waals surface area contributed by atoms with Crippen molar-refractivity contribution in [1.29, 1.82) is 0 Å². The molecule has 3 aromatic rings. The Morgan fingerprint density at radius 1 is 1.14 bits per heavy atom. The number of benzene rings is 1. The fourth-order valence-electron chi connectivity index (χ4n) is 2.45. The molecule has 6 nitrogen and oxygen atoms in total. The van der Waals surface area contributed by atoms with Crippen molar-refractivity contribution in [3.8, 4) is 11.8 Å². The molecule has 0 radical (unpaired) electrons. The van der Waals surface area contributed by atoms with Gasteiger partial charge in [0.2, 0.25) is 0 Å². The van der Waals surface area contributed by atoms with Gasteiger partial charge in [-0.3, -0.25) is 9.71 Å². The van der Waals surface area contributed by atoms with Crippen molar-refractivity contribution >= 4 is 27.3 Å². The first-order chi connectivity index (χ1) is 13.8. The predicted molar refractivity (Wildman–Crippen MR) is 109 cm³/mol. The molecule has 0 unspecified atom stereocenters. The summed E-state index contributed by atoms with van der Waals surface area (Å²) in [5.74, 6) is 5.33. The van der Waals surface area contributed by atoms with E-state index in [9.17, 15) is 12.8 Å². The van der Waals surface area contributed by atoms with Crippen LogP contribution in [0.4, 0.5) is 10.1 Å². The van der Waals surface area contributed by atoms with Gasteiger partial charge < -0.3 is 0 Å². The van der Waals surface area contributed by atoms with Crippen molar-refractivity contribution < 1.29 is 12.8 Å². The number of hydrogen-bond donors (Lipinski definition) is 1. The molecule has 29 heavy (non-hydrogen) atoms. The Labute approximate surface area is 173 Å². The quantitative estimate of drug-likeness (QED) is 0.503. The molecule has 0 spiro atoms. The second-order valence-electron chi connectivity index (χ2n) is 6.01. The Bertz CT molecular complexity index is 1220. The maximum atomic E-state index is 13.1. The zero-order chi connectivity index (χ0) is 21.0. The lowest BCUT2D eigenvalue weighted by atomic mass is 10.1. The summed E-state index contributed by atoms with van der Waals surface area (Å²) in [6, 6.07) is 6.11. The average Bonchev–Trinajstić information content (AvgIpc) is 2.69. The van der Waals surface area contributed by atoms with Gasteiger partial charge in [0.05, 0.1) is 27.5 Å². The highest BCUT2D eigenvalue weighted by Gasteiger charge is 2.16. The number of anilines is 1. The van der Waals surface area contributed by atoms with Crippen LogP contribution >= 0.6 is 11.6 Å². The van der Waals surface area contributed by atoms with E-state index in [1.807, 2.05) is 6.92 Å². The van der Waals surface area contributed by atoms with Crippen LogP contribution in [0.2, 0.25) is 5.15 Å². The van der Waals surface area contributed by atoms with E-state index in [0.717, 1.165) is 17.8 Å². The first kappa shape index (κ1) is 20.7. The van der Waals surface area contributed by atoms with Crippen LogP contribution in [0.5, 0.6) is 0 Å². The summed E-state index contributed by atoms with van der Waals surface area (Å²) in [7, 11) is -3.90. The number of sulfonamides is 1. The number of halogens is 2. The van der Waals surface area contributed by atoms with Crippen molar-refractivity contribution in [2.45, 2.75) is 25.2 Å². The van der Waals surface area contributed by atoms with E-state index in [4.69, 9.17) is 11.6 Å². The van der Waals surface area contributed by atoms with E-state index in [2.05, 4.69) is 31.5 Å². The van der Waals surface area contributed by atoms with E-state index in [0.29, 0.717) is 23.2 Å². The van der Waals surface area contributed by atoms with Gasteiger partial charge in [0.1, 0.15) is 17.3 Å². The van der Waals surface area contributed by atoms with Crippen molar-refractivity contribution in [2.75, 3.05) is 4.72 Å². The molecular weight excluding hydrogens is 415 g/mol. The van der Waals surface area contributed by atoms with Crippen molar-refractivity contribution in [2.24, 2.45) is 0 Å². The highest BCUT2D eigenvalue weighted by atomic mass is 35.5. The second kappa shape index (κ2) is 8.55. The summed E-state index contributed by atoms with van der Waals surface area (Å²) in [5, 5.41) is 0.252. The summed E-state index contributed by atoms with van der Waals surface area (Å²) in [6.07, 6.45) is 3.55. The molecule has 0 saturated carbocycles. The maximum absolute atomic E-state index is 13.1. The Morgan fingerprint density at radius 3 is 2.55 bits per heavy atom. The smallest absolute Gasteiger partial charge is 0.261 e. The van der Waals surface area contributed by atoms with Crippen LogP contribution in [0.1, 0.15) is 29.4 Å². The molecular formula is C20H16ClFN4O2S. The second-order valence-corrected chi connectivity index (χ2v) is 8.05. The first-order valence-electron chi connectivity index (χ1n) is 8.56. The summed E-state index contributed by atoms with van der Waals surface area (Å²) in [5.41, 5.74) is 2.46. The SMILES string of the molecule is CCc1ncnc(Cl)c1C#Cc1cnc(C)c(NS(=O)(=O)c2ccc(F)cc2)c1. The zero-order valence-corrected chi connectivity index (χ0v) is 17.1. The molecule has 0 aliphatic rings. The average molecular weight is 431 g/mol. The van der Waals surface area contributed by atoms with Gasteiger partial charge in [-0.15, -0.1) is 0 Å². The molecule has 1 N–H and O–H groups in total. The van der Waals surface area contributed by atoms with E-state index < -0.39 is 15.8 Å².